The van der Waals surface area contributed by atoms with Gasteiger partial charge in [-0.1, -0.05) is 30.3 Å². The summed E-state index contributed by atoms with van der Waals surface area (Å²) in [6, 6.07) is 13.1. The SMILES string of the molecule is CC(C)(C)N1C2CCC1CC(NCc1ccccc1)C2. The topological polar surface area (TPSA) is 15.3 Å². The van der Waals surface area contributed by atoms with Crippen LogP contribution in [-0.4, -0.2) is 28.6 Å². The van der Waals surface area contributed by atoms with Gasteiger partial charge in [-0.05, 0) is 52.0 Å². The van der Waals surface area contributed by atoms with E-state index in [9.17, 15) is 0 Å². The molecule has 0 saturated carbocycles. The summed E-state index contributed by atoms with van der Waals surface area (Å²) >= 11 is 0. The van der Waals surface area contributed by atoms with E-state index in [-0.39, 0.29) is 0 Å². The summed E-state index contributed by atoms with van der Waals surface area (Å²) in [5.41, 5.74) is 1.73. The standard InChI is InChI=1S/C18H28N2/c1-18(2,3)20-16-9-10-17(20)12-15(11-16)19-13-14-7-5-4-6-8-14/h4-8,15-17,19H,9-13H2,1-3H3. The highest BCUT2D eigenvalue weighted by Crippen LogP contribution is 2.40. The summed E-state index contributed by atoms with van der Waals surface area (Å²) in [5.74, 6) is 0. The van der Waals surface area contributed by atoms with Gasteiger partial charge in [-0.15, -0.1) is 0 Å². The number of nitrogens with zero attached hydrogens (tertiary/aromatic N) is 1. The molecule has 110 valence electrons. The minimum atomic E-state index is 0.330. The van der Waals surface area contributed by atoms with Crippen molar-refractivity contribution < 1.29 is 0 Å². The van der Waals surface area contributed by atoms with Gasteiger partial charge >= 0.3 is 0 Å². The van der Waals surface area contributed by atoms with Gasteiger partial charge in [-0.3, -0.25) is 4.90 Å². The number of hydrogen-bond acceptors (Lipinski definition) is 2. The Labute approximate surface area is 123 Å². The Morgan fingerprint density at radius 1 is 1.05 bits per heavy atom. The minimum absolute atomic E-state index is 0.330. The average molecular weight is 272 g/mol. The highest BCUT2D eigenvalue weighted by Gasteiger charge is 2.44. The van der Waals surface area contributed by atoms with Crippen LogP contribution in [0, 0.1) is 0 Å². The number of hydrogen-bond donors (Lipinski definition) is 1. The number of benzene rings is 1. The van der Waals surface area contributed by atoms with Crippen molar-refractivity contribution >= 4 is 0 Å². The first-order valence-corrected chi connectivity index (χ1v) is 8.10. The van der Waals surface area contributed by atoms with Crippen LogP contribution >= 0.6 is 0 Å². The van der Waals surface area contributed by atoms with E-state index in [0.29, 0.717) is 11.6 Å². The number of piperidine rings is 1. The molecule has 0 aliphatic carbocycles. The molecule has 0 spiro atoms. The second kappa shape index (κ2) is 5.50. The van der Waals surface area contributed by atoms with Gasteiger partial charge in [0.05, 0.1) is 0 Å². The zero-order chi connectivity index (χ0) is 14.2. The average Bonchev–Trinajstić information content (AvgIpc) is 2.70. The fourth-order valence-corrected chi connectivity index (χ4v) is 4.30. The van der Waals surface area contributed by atoms with E-state index in [4.69, 9.17) is 0 Å². The first-order chi connectivity index (χ1) is 9.54. The van der Waals surface area contributed by atoms with Crippen LogP contribution in [0.1, 0.15) is 52.0 Å². The second-order valence-electron chi connectivity index (χ2n) is 7.50. The molecule has 2 aliphatic heterocycles. The van der Waals surface area contributed by atoms with Crippen LogP contribution in [0.15, 0.2) is 30.3 Å². The quantitative estimate of drug-likeness (QED) is 0.905. The van der Waals surface area contributed by atoms with Crippen molar-refractivity contribution in [1.82, 2.24) is 10.2 Å². The zero-order valence-corrected chi connectivity index (χ0v) is 13.1. The van der Waals surface area contributed by atoms with Gasteiger partial charge in [0.15, 0.2) is 0 Å². The predicted molar refractivity (Wildman–Crippen MR) is 84.7 cm³/mol. The summed E-state index contributed by atoms with van der Waals surface area (Å²) < 4.78 is 0. The van der Waals surface area contributed by atoms with Crippen LogP contribution in [-0.2, 0) is 6.54 Å². The molecule has 0 aromatic heterocycles. The first-order valence-electron chi connectivity index (χ1n) is 8.10. The Hall–Kier alpha value is -0.860. The maximum atomic E-state index is 3.78. The maximum absolute atomic E-state index is 3.78. The highest BCUT2D eigenvalue weighted by atomic mass is 15.3. The molecule has 3 rings (SSSR count). The van der Waals surface area contributed by atoms with Gasteiger partial charge in [-0.2, -0.15) is 0 Å². The second-order valence-corrected chi connectivity index (χ2v) is 7.50. The first kappa shape index (κ1) is 14.1. The Balaban J connectivity index is 1.58. The molecule has 2 heterocycles. The van der Waals surface area contributed by atoms with Gasteiger partial charge in [-0.25, -0.2) is 0 Å². The molecule has 2 bridgehead atoms. The van der Waals surface area contributed by atoms with Crippen molar-refractivity contribution in [2.75, 3.05) is 0 Å². The van der Waals surface area contributed by atoms with E-state index in [1.165, 1.54) is 31.2 Å². The molecular weight excluding hydrogens is 244 g/mol. The Bertz CT molecular complexity index is 420. The summed E-state index contributed by atoms with van der Waals surface area (Å²) in [6.45, 7) is 8.13. The molecular formula is C18H28N2. The van der Waals surface area contributed by atoms with Crippen molar-refractivity contribution in [2.45, 2.75) is 76.7 Å². The smallest absolute Gasteiger partial charge is 0.0208 e. The molecule has 2 heteroatoms. The lowest BCUT2D eigenvalue weighted by molar-refractivity contribution is 0.0309. The third-order valence-corrected chi connectivity index (χ3v) is 4.95. The van der Waals surface area contributed by atoms with Crippen LogP contribution in [0.25, 0.3) is 0 Å². The van der Waals surface area contributed by atoms with E-state index in [1.54, 1.807) is 0 Å². The van der Waals surface area contributed by atoms with E-state index in [2.05, 4.69) is 61.3 Å². The lowest BCUT2D eigenvalue weighted by Crippen LogP contribution is -2.56. The summed E-state index contributed by atoms with van der Waals surface area (Å²) in [4.78, 5) is 2.79. The summed E-state index contributed by atoms with van der Waals surface area (Å²) in [6.07, 6.45) is 5.43. The third kappa shape index (κ3) is 2.91. The predicted octanol–water partition coefficient (Wildman–Crippen LogP) is 3.57. The minimum Gasteiger partial charge on any atom is -0.310 e. The molecule has 2 atom stereocenters. The van der Waals surface area contributed by atoms with Crippen molar-refractivity contribution in [2.24, 2.45) is 0 Å². The molecule has 0 radical (unpaired) electrons. The Morgan fingerprint density at radius 2 is 1.65 bits per heavy atom. The van der Waals surface area contributed by atoms with Crippen LogP contribution < -0.4 is 5.32 Å². The van der Waals surface area contributed by atoms with Gasteiger partial charge in [0.25, 0.3) is 0 Å². The summed E-state index contributed by atoms with van der Waals surface area (Å²) in [7, 11) is 0. The Morgan fingerprint density at radius 3 is 2.20 bits per heavy atom. The molecule has 1 N–H and O–H groups in total. The fraction of sp³-hybridized carbons (Fsp3) is 0.667. The van der Waals surface area contributed by atoms with E-state index in [1.807, 2.05) is 0 Å². The Kier molecular flexibility index (Phi) is 3.87. The molecule has 2 saturated heterocycles. The van der Waals surface area contributed by atoms with E-state index >= 15 is 0 Å². The van der Waals surface area contributed by atoms with E-state index in [0.717, 1.165) is 18.6 Å². The van der Waals surface area contributed by atoms with Crippen LogP contribution in [0.4, 0.5) is 0 Å². The van der Waals surface area contributed by atoms with Crippen LogP contribution in [0.5, 0.6) is 0 Å². The van der Waals surface area contributed by atoms with E-state index < -0.39 is 0 Å². The summed E-state index contributed by atoms with van der Waals surface area (Å²) in [5, 5.41) is 3.78. The number of fused-ring (bicyclic) bond motifs is 2. The van der Waals surface area contributed by atoms with Crippen molar-refractivity contribution in [3.05, 3.63) is 35.9 Å². The number of nitrogens with one attached hydrogen (secondary N) is 1. The fourth-order valence-electron chi connectivity index (χ4n) is 4.30. The van der Waals surface area contributed by atoms with Gasteiger partial charge in [0.1, 0.15) is 0 Å². The third-order valence-electron chi connectivity index (χ3n) is 4.95. The largest absolute Gasteiger partial charge is 0.310 e. The molecule has 2 fully saturated rings. The molecule has 2 unspecified atom stereocenters. The monoisotopic (exact) mass is 272 g/mol. The lowest BCUT2D eigenvalue weighted by atomic mass is 9.91. The van der Waals surface area contributed by atoms with Crippen molar-refractivity contribution in [3.63, 3.8) is 0 Å². The van der Waals surface area contributed by atoms with Crippen molar-refractivity contribution in [3.8, 4) is 0 Å². The van der Waals surface area contributed by atoms with Crippen LogP contribution in [0.2, 0.25) is 0 Å². The lowest BCUT2D eigenvalue weighted by Gasteiger charge is -2.47. The normalized spacial score (nSPS) is 30.6. The molecule has 20 heavy (non-hydrogen) atoms. The van der Waals surface area contributed by atoms with Gasteiger partial charge in [0.2, 0.25) is 0 Å². The number of rotatable bonds is 3. The van der Waals surface area contributed by atoms with Gasteiger partial charge in [0, 0.05) is 30.2 Å². The highest BCUT2D eigenvalue weighted by molar-refractivity contribution is 5.14. The zero-order valence-electron chi connectivity index (χ0n) is 13.1. The van der Waals surface area contributed by atoms with Gasteiger partial charge < -0.3 is 5.32 Å². The molecule has 0 amide bonds. The molecule has 1 aromatic rings. The molecule has 1 aromatic carbocycles. The molecule has 2 aliphatic rings. The maximum Gasteiger partial charge on any atom is 0.0208 e. The van der Waals surface area contributed by atoms with Crippen molar-refractivity contribution in [1.29, 1.82) is 0 Å². The van der Waals surface area contributed by atoms with Crippen LogP contribution in [0.3, 0.4) is 0 Å². The molecule has 2 nitrogen and oxygen atoms in total.